The lowest BCUT2D eigenvalue weighted by molar-refractivity contribution is 0.660. The fraction of sp³-hybridized carbons (Fsp3) is 0.120. The smallest absolute Gasteiger partial charge is 0.0468 e. The van der Waals surface area contributed by atoms with Crippen LogP contribution in [0.5, 0.6) is 0 Å². The third-order valence-corrected chi connectivity index (χ3v) is 11.8. The first-order valence-corrected chi connectivity index (χ1v) is 18.1. The van der Waals surface area contributed by atoms with Crippen LogP contribution in [-0.2, 0) is 10.8 Å². The summed E-state index contributed by atoms with van der Waals surface area (Å²) in [4.78, 5) is 2.44. The molecule has 244 valence electrons. The van der Waals surface area contributed by atoms with Gasteiger partial charge in [-0.15, -0.1) is 0 Å². The molecule has 2 aliphatic carbocycles. The normalized spacial score (nSPS) is 14.6. The van der Waals surface area contributed by atoms with Crippen molar-refractivity contribution < 1.29 is 0 Å². The van der Waals surface area contributed by atoms with Crippen molar-refractivity contribution >= 4 is 38.6 Å². The summed E-state index contributed by atoms with van der Waals surface area (Å²) in [5.41, 5.74) is 16.7. The highest BCUT2D eigenvalue weighted by atomic mass is 15.1. The molecule has 10 rings (SSSR count). The maximum atomic E-state index is 2.46. The van der Waals surface area contributed by atoms with Crippen LogP contribution in [0.1, 0.15) is 49.9 Å². The Labute approximate surface area is 300 Å². The fourth-order valence-corrected chi connectivity index (χ4v) is 9.00. The predicted molar refractivity (Wildman–Crippen MR) is 217 cm³/mol. The highest BCUT2D eigenvalue weighted by Crippen LogP contribution is 2.53. The van der Waals surface area contributed by atoms with Crippen LogP contribution in [0.25, 0.3) is 54.9 Å². The van der Waals surface area contributed by atoms with Crippen LogP contribution in [-0.4, -0.2) is 0 Å². The van der Waals surface area contributed by atoms with Crippen molar-refractivity contribution in [1.82, 2.24) is 0 Å². The summed E-state index contributed by atoms with van der Waals surface area (Å²) >= 11 is 0. The standard InChI is InChI=1S/C50H39N/c1-49(2)45-17-11-10-16-41(45)42-25-24-40(31-48(42)49)51(38-21-18-33(19-22-38)32-12-6-5-7-13-32)39-23-20-36-28-44-43-27-34-14-8-9-15-35(34)29-46(43)50(3,4)47(44)30-37(36)26-39/h5-31H,1-4H3. The van der Waals surface area contributed by atoms with Gasteiger partial charge in [0, 0.05) is 27.9 Å². The van der Waals surface area contributed by atoms with Gasteiger partial charge in [-0.25, -0.2) is 0 Å². The van der Waals surface area contributed by atoms with Crippen LogP contribution in [0.4, 0.5) is 17.1 Å². The third kappa shape index (κ3) is 4.47. The first-order valence-electron chi connectivity index (χ1n) is 18.1. The number of fused-ring (bicyclic) bond motifs is 8. The van der Waals surface area contributed by atoms with Gasteiger partial charge in [-0.1, -0.05) is 131 Å². The van der Waals surface area contributed by atoms with E-state index in [9.17, 15) is 0 Å². The maximum Gasteiger partial charge on any atom is 0.0468 e. The molecule has 0 radical (unpaired) electrons. The molecule has 8 aromatic carbocycles. The number of rotatable bonds is 4. The van der Waals surface area contributed by atoms with Crippen molar-refractivity contribution in [2.45, 2.75) is 38.5 Å². The summed E-state index contributed by atoms with van der Waals surface area (Å²) in [5, 5.41) is 5.12. The number of hydrogen-bond acceptors (Lipinski definition) is 1. The van der Waals surface area contributed by atoms with Gasteiger partial charge in [0.1, 0.15) is 0 Å². The van der Waals surface area contributed by atoms with E-state index in [1.807, 2.05) is 0 Å². The number of nitrogens with zero attached hydrogens (tertiary/aromatic N) is 1. The number of benzene rings is 8. The van der Waals surface area contributed by atoms with Crippen LogP contribution >= 0.6 is 0 Å². The van der Waals surface area contributed by atoms with Crippen LogP contribution in [0.3, 0.4) is 0 Å². The molecular weight excluding hydrogens is 615 g/mol. The van der Waals surface area contributed by atoms with E-state index in [1.165, 1.54) is 82.9 Å². The van der Waals surface area contributed by atoms with E-state index < -0.39 is 0 Å². The van der Waals surface area contributed by atoms with Gasteiger partial charge in [-0.2, -0.15) is 0 Å². The topological polar surface area (TPSA) is 3.24 Å². The molecule has 1 nitrogen and oxygen atoms in total. The molecule has 0 fully saturated rings. The molecule has 2 aliphatic rings. The highest BCUT2D eigenvalue weighted by Gasteiger charge is 2.37. The molecule has 0 amide bonds. The van der Waals surface area contributed by atoms with E-state index in [-0.39, 0.29) is 10.8 Å². The molecule has 0 saturated carbocycles. The summed E-state index contributed by atoms with van der Waals surface area (Å²) in [7, 11) is 0. The molecule has 0 saturated heterocycles. The SMILES string of the molecule is CC1(C)c2ccccc2-c2ccc(N(c3ccc(-c4ccccc4)cc3)c3ccc4cc5c(cc4c3)C(C)(C)c3cc4ccccc4cc3-5)cc21. The van der Waals surface area contributed by atoms with Gasteiger partial charge in [-0.05, 0) is 138 Å². The Morgan fingerprint density at radius 3 is 1.55 bits per heavy atom. The van der Waals surface area contributed by atoms with Crippen LogP contribution < -0.4 is 4.90 Å². The van der Waals surface area contributed by atoms with Gasteiger partial charge in [0.25, 0.3) is 0 Å². The predicted octanol–water partition coefficient (Wildman–Crippen LogP) is 13.7. The summed E-state index contributed by atoms with van der Waals surface area (Å²) in [6.45, 7) is 9.49. The zero-order chi connectivity index (χ0) is 34.5. The van der Waals surface area contributed by atoms with Crippen LogP contribution in [0.2, 0.25) is 0 Å². The zero-order valence-electron chi connectivity index (χ0n) is 29.5. The molecule has 8 aromatic rings. The highest BCUT2D eigenvalue weighted by molar-refractivity contribution is 5.99. The van der Waals surface area contributed by atoms with Gasteiger partial charge < -0.3 is 4.90 Å². The minimum absolute atomic E-state index is 0.0832. The Hall–Kier alpha value is -5.92. The molecule has 0 atom stereocenters. The average Bonchev–Trinajstić information content (AvgIpc) is 3.52. The first-order chi connectivity index (χ1) is 24.8. The van der Waals surface area contributed by atoms with Gasteiger partial charge in [0.15, 0.2) is 0 Å². The average molecular weight is 654 g/mol. The Morgan fingerprint density at radius 1 is 0.314 bits per heavy atom. The van der Waals surface area contributed by atoms with Gasteiger partial charge in [-0.3, -0.25) is 0 Å². The van der Waals surface area contributed by atoms with Crippen molar-refractivity contribution in [1.29, 1.82) is 0 Å². The lowest BCUT2D eigenvalue weighted by Crippen LogP contribution is -2.16. The minimum Gasteiger partial charge on any atom is -0.310 e. The van der Waals surface area contributed by atoms with E-state index in [2.05, 4.69) is 196 Å². The van der Waals surface area contributed by atoms with Gasteiger partial charge in [0.05, 0.1) is 0 Å². The van der Waals surface area contributed by atoms with Gasteiger partial charge in [0.2, 0.25) is 0 Å². The summed E-state index contributed by atoms with van der Waals surface area (Å²) in [6.07, 6.45) is 0. The fourth-order valence-electron chi connectivity index (χ4n) is 9.00. The second kappa shape index (κ2) is 10.8. The van der Waals surface area contributed by atoms with Crippen molar-refractivity contribution in [3.8, 4) is 33.4 Å². The molecule has 0 heterocycles. The van der Waals surface area contributed by atoms with Gasteiger partial charge >= 0.3 is 0 Å². The second-order valence-corrected chi connectivity index (χ2v) is 15.4. The van der Waals surface area contributed by atoms with Crippen molar-refractivity contribution in [2.24, 2.45) is 0 Å². The zero-order valence-corrected chi connectivity index (χ0v) is 29.5. The van der Waals surface area contributed by atoms with E-state index in [0.717, 1.165) is 11.4 Å². The summed E-state index contributed by atoms with van der Waals surface area (Å²) in [5.74, 6) is 0. The Morgan fingerprint density at radius 2 is 0.804 bits per heavy atom. The second-order valence-electron chi connectivity index (χ2n) is 15.4. The molecule has 0 unspecified atom stereocenters. The minimum atomic E-state index is -0.0909. The van der Waals surface area contributed by atoms with Crippen LogP contribution in [0.15, 0.2) is 164 Å². The monoisotopic (exact) mass is 653 g/mol. The molecule has 0 N–H and O–H groups in total. The lowest BCUT2D eigenvalue weighted by atomic mass is 9.81. The molecule has 0 aliphatic heterocycles. The lowest BCUT2D eigenvalue weighted by Gasteiger charge is -2.28. The molecule has 0 bridgehead atoms. The van der Waals surface area contributed by atoms with Crippen molar-refractivity contribution in [2.75, 3.05) is 4.90 Å². The van der Waals surface area contributed by atoms with E-state index in [0.29, 0.717) is 0 Å². The quantitative estimate of drug-likeness (QED) is 0.183. The molecular formula is C50H39N. The number of anilines is 3. The number of hydrogen-bond donors (Lipinski definition) is 0. The maximum absolute atomic E-state index is 2.46. The molecule has 0 spiro atoms. The summed E-state index contributed by atoms with van der Waals surface area (Å²) in [6, 6.07) is 61.1. The third-order valence-electron chi connectivity index (χ3n) is 11.8. The van der Waals surface area contributed by atoms with E-state index in [4.69, 9.17) is 0 Å². The Kier molecular flexibility index (Phi) is 6.34. The first kappa shape index (κ1) is 29.9. The van der Waals surface area contributed by atoms with Crippen molar-refractivity contribution in [3.05, 3.63) is 186 Å². The Bertz CT molecular complexity index is 2680. The van der Waals surface area contributed by atoms with Crippen molar-refractivity contribution in [3.63, 3.8) is 0 Å². The summed E-state index contributed by atoms with van der Waals surface area (Å²) < 4.78 is 0. The van der Waals surface area contributed by atoms with E-state index in [1.54, 1.807) is 0 Å². The largest absolute Gasteiger partial charge is 0.310 e. The Balaban J connectivity index is 1.13. The molecule has 1 heteroatoms. The molecule has 0 aromatic heterocycles. The van der Waals surface area contributed by atoms with E-state index >= 15 is 0 Å². The van der Waals surface area contributed by atoms with Crippen LogP contribution in [0, 0.1) is 0 Å². The molecule has 51 heavy (non-hydrogen) atoms.